The van der Waals surface area contributed by atoms with E-state index in [9.17, 15) is 18.4 Å². The van der Waals surface area contributed by atoms with Gasteiger partial charge in [-0.2, -0.15) is 0 Å². The molecule has 6 heteroatoms. The summed E-state index contributed by atoms with van der Waals surface area (Å²) in [5.74, 6) is -1.68. The molecule has 0 saturated carbocycles. The van der Waals surface area contributed by atoms with Crippen LogP contribution in [0.2, 0.25) is 0 Å². The number of carbonyl (C=O) groups is 2. The van der Waals surface area contributed by atoms with Crippen LogP contribution in [0, 0.1) is 11.6 Å². The fraction of sp³-hybridized carbons (Fsp3) is 0.222. The fourth-order valence-electron chi connectivity index (χ4n) is 2.21. The number of amides is 2. The molecule has 0 fully saturated rings. The van der Waals surface area contributed by atoms with Crippen LogP contribution in [0.4, 0.5) is 14.5 Å². The van der Waals surface area contributed by atoms with E-state index in [-0.39, 0.29) is 30.3 Å². The van der Waals surface area contributed by atoms with Gasteiger partial charge in [0.1, 0.15) is 11.6 Å². The highest BCUT2D eigenvalue weighted by atomic mass is 19.1. The first-order valence-electron chi connectivity index (χ1n) is 7.39. The van der Waals surface area contributed by atoms with Crippen LogP contribution in [0.3, 0.4) is 0 Å². The van der Waals surface area contributed by atoms with E-state index in [2.05, 4.69) is 5.32 Å². The molecule has 0 spiro atoms. The van der Waals surface area contributed by atoms with Gasteiger partial charge in [-0.15, -0.1) is 0 Å². The fourth-order valence-corrected chi connectivity index (χ4v) is 2.21. The third kappa shape index (κ3) is 4.87. The van der Waals surface area contributed by atoms with Crippen LogP contribution < -0.4 is 5.32 Å². The van der Waals surface area contributed by atoms with Crippen molar-refractivity contribution >= 4 is 17.5 Å². The normalized spacial score (nSPS) is 10.3. The van der Waals surface area contributed by atoms with E-state index in [4.69, 9.17) is 0 Å². The molecule has 0 atom stereocenters. The maximum atomic E-state index is 13.6. The highest BCUT2D eigenvalue weighted by Gasteiger charge is 2.13. The molecule has 0 heterocycles. The number of benzene rings is 2. The first-order valence-corrected chi connectivity index (χ1v) is 7.39. The molecule has 0 unspecified atom stereocenters. The Kier molecular flexibility index (Phi) is 5.63. The van der Waals surface area contributed by atoms with Crippen molar-refractivity contribution in [1.82, 2.24) is 4.90 Å². The van der Waals surface area contributed by atoms with Gasteiger partial charge in [0.2, 0.25) is 11.8 Å². The van der Waals surface area contributed by atoms with Gasteiger partial charge in [0.15, 0.2) is 0 Å². The third-order valence-electron chi connectivity index (χ3n) is 3.48. The van der Waals surface area contributed by atoms with E-state index in [1.807, 2.05) is 0 Å². The predicted molar refractivity (Wildman–Crippen MR) is 87.3 cm³/mol. The van der Waals surface area contributed by atoms with Crippen molar-refractivity contribution in [3.05, 3.63) is 65.2 Å². The lowest BCUT2D eigenvalue weighted by molar-refractivity contribution is -0.129. The summed E-state index contributed by atoms with van der Waals surface area (Å²) in [7, 11) is 1.57. The number of anilines is 1. The lowest BCUT2D eigenvalue weighted by Crippen LogP contribution is -2.28. The van der Waals surface area contributed by atoms with E-state index in [0.29, 0.717) is 5.69 Å². The van der Waals surface area contributed by atoms with Crippen LogP contribution in [0.1, 0.15) is 18.1 Å². The van der Waals surface area contributed by atoms with Crippen molar-refractivity contribution in [3.8, 4) is 0 Å². The van der Waals surface area contributed by atoms with Gasteiger partial charge in [-0.1, -0.05) is 18.2 Å². The summed E-state index contributed by atoms with van der Waals surface area (Å²) in [6.07, 6.45) is 0.152. The standard InChI is InChI=1S/C18H18F2N2O2/c1-12(23)21-16-7-3-13(4-8-16)9-18(24)22(2)11-14-5-6-15(19)10-17(14)20/h3-8,10H,9,11H2,1-2H3,(H,21,23). The average Bonchev–Trinajstić information content (AvgIpc) is 2.51. The van der Waals surface area contributed by atoms with E-state index < -0.39 is 11.6 Å². The van der Waals surface area contributed by atoms with Gasteiger partial charge in [0, 0.05) is 37.8 Å². The summed E-state index contributed by atoms with van der Waals surface area (Å²) in [6.45, 7) is 1.48. The molecule has 0 aliphatic rings. The molecule has 2 rings (SSSR count). The van der Waals surface area contributed by atoms with Gasteiger partial charge in [-0.25, -0.2) is 8.78 Å². The SMILES string of the molecule is CC(=O)Nc1ccc(CC(=O)N(C)Cc2ccc(F)cc2F)cc1. The number of hydrogen-bond donors (Lipinski definition) is 1. The summed E-state index contributed by atoms with van der Waals surface area (Å²) in [6, 6.07) is 10.2. The Balaban J connectivity index is 1.97. The smallest absolute Gasteiger partial charge is 0.227 e. The zero-order valence-corrected chi connectivity index (χ0v) is 13.5. The second kappa shape index (κ2) is 7.68. The average molecular weight is 332 g/mol. The first kappa shape index (κ1) is 17.6. The summed E-state index contributed by atoms with van der Waals surface area (Å²) < 4.78 is 26.5. The van der Waals surface area contributed by atoms with Crippen molar-refractivity contribution in [2.24, 2.45) is 0 Å². The van der Waals surface area contributed by atoms with Crippen molar-refractivity contribution in [2.45, 2.75) is 19.9 Å². The second-order valence-electron chi connectivity index (χ2n) is 5.54. The Bertz CT molecular complexity index is 745. The topological polar surface area (TPSA) is 49.4 Å². The molecule has 2 aromatic carbocycles. The van der Waals surface area contributed by atoms with Gasteiger partial charge in [-0.3, -0.25) is 9.59 Å². The van der Waals surface area contributed by atoms with Crippen LogP contribution in [-0.2, 0) is 22.6 Å². The number of nitrogens with one attached hydrogen (secondary N) is 1. The minimum absolute atomic E-state index is 0.0644. The molecule has 0 bridgehead atoms. The molecule has 0 aliphatic heterocycles. The van der Waals surface area contributed by atoms with Crippen LogP contribution in [0.25, 0.3) is 0 Å². The molecule has 0 aliphatic carbocycles. The first-order chi connectivity index (χ1) is 11.3. The Morgan fingerprint density at radius 3 is 2.33 bits per heavy atom. The maximum Gasteiger partial charge on any atom is 0.227 e. The van der Waals surface area contributed by atoms with Gasteiger partial charge in [0.05, 0.1) is 6.42 Å². The summed E-state index contributed by atoms with van der Waals surface area (Å²) in [4.78, 5) is 24.6. The molecular weight excluding hydrogens is 314 g/mol. The van der Waals surface area contributed by atoms with Gasteiger partial charge >= 0.3 is 0 Å². The monoisotopic (exact) mass is 332 g/mol. The number of carbonyl (C=O) groups excluding carboxylic acids is 2. The van der Waals surface area contributed by atoms with Crippen molar-refractivity contribution in [3.63, 3.8) is 0 Å². The highest BCUT2D eigenvalue weighted by molar-refractivity contribution is 5.88. The van der Waals surface area contributed by atoms with Crippen LogP contribution in [0.15, 0.2) is 42.5 Å². The molecule has 0 radical (unpaired) electrons. The van der Waals surface area contributed by atoms with Crippen LogP contribution in [0.5, 0.6) is 0 Å². The molecular formula is C18H18F2N2O2. The largest absolute Gasteiger partial charge is 0.341 e. The van der Waals surface area contributed by atoms with Crippen molar-refractivity contribution in [2.75, 3.05) is 12.4 Å². The van der Waals surface area contributed by atoms with Crippen molar-refractivity contribution < 1.29 is 18.4 Å². The molecule has 0 aromatic heterocycles. The second-order valence-corrected chi connectivity index (χ2v) is 5.54. The molecule has 4 nitrogen and oxygen atoms in total. The Morgan fingerprint density at radius 1 is 1.08 bits per heavy atom. The minimum atomic E-state index is -0.672. The minimum Gasteiger partial charge on any atom is -0.341 e. The summed E-state index contributed by atoms with van der Waals surface area (Å²) in [5, 5.41) is 2.64. The van der Waals surface area contributed by atoms with Crippen LogP contribution in [-0.4, -0.2) is 23.8 Å². The van der Waals surface area contributed by atoms with E-state index in [1.165, 1.54) is 17.9 Å². The molecule has 126 valence electrons. The zero-order chi connectivity index (χ0) is 17.7. The summed E-state index contributed by atoms with van der Waals surface area (Å²) >= 11 is 0. The number of halogens is 2. The molecule has 2 amide bonds. The van der Waals surface area contributed by atoms with Gasteiger partial charge < -0.3 is 10.2 Å². The number of rotatable bonds is 5. The molecule has 1 N–H and O–H groups in total. The number of nitrogens with zero attached hydrogens (tertiary/aromatic N) is 1. The molecule has 0 saturated heterocycles. The number of likely N-dealkylation sites (N-methyl/N-ethyl adjacent to an activating group) is 1. The molecule has 2 aromatic rings. The van der Waals surface area contributed by atoms with Crippen molar-refractivity contribution in [1.29, 1.82) is 0 Å². The van der Waals surface area contributed by atoms with E-state index in [0.717, 1.165) is 17.7 Å². The van der Waals surface area contributed by atoms with Gasteiger partial charge in [-0.05, 0) is 23.8 Å². The predicted octanol–water partition coefficient (Wildman–Crippen LogP) is 3.12. The Morgan fingerprint density at radius 2 is 1.75 bits per heavy atom. The summed E-state index contributed by atoms with van der Waals surface area (Å²) in [5.41, 5.74) is 1.69. The molecule has 24 heavy (non-hydrogen) atoms. The Hall–Kier alpha value is -2.76. The van der Waals surface area contributed by atoms with Crippen LogP contribution >= 0.6 is 0 Å². The zero-order valence-electron chi connectivity index (χ0n) is 13.5. The number of hydrogen-bond acceptors (Lipinski definition) is 2. The maximum absolute atomic E-state index is 13.6. The third-order valence-corrected chi connectivity index (χ3v) is 3.48. The Labute approximate surface area is 139 Å². The van der Waals surface area contributed by atoms with E-state index >= 15 is 0 Å². The van der Waals surface area contributed by atoms with E-state index in [1.54, 1.807) is 31.3 Å². The lowest BCUT2D eigenvalue weighted by atomic mass is 10.1. The van der Waals surface area contributed by atoms with Gasteiger partial charge in [0.25, 0.3) is 0 Å². The quantitative estimate of drug-likeness (QED) is 0.914. The highest BCUT2D eigenvalue weighted by Crippen LogP contribution is 2.14. The lowest BCUT2D eigenvalue weighted by Gasteiger charge is -2.18.